The Morgan fingerprint density at radius 2 is 0.778 bits per heavy atom. The Labute approximate surface area is 498 Å². The molecule has 7 aromatic rings. The number of nitrogens with zero attached hydrogens (tertiary/aromatic N) is 8. The molecule has 0 spiro atoms. The molecule has 81 heavy (non-hydrogen) atoms. The molecule has 4 aromatic carbocycles. The molecule has 5 heterocycles. The van der Waals surface area contributed by atoms with Gasteiger partial charge in [0.2, 0.25) is 0 Å². The van der Waals surface area contributed by atoms with Crippen molar-refractivity contribution in [1.29, 1.82) is 0 Å². The summed E-state index contributed by atoms with van der Waals surface area (Å²) < 4.78 is 13.9. The van der Waals surface area contributed by atoms with Crippen LogP contribution in [0.15, 0.2) is 83.9 Å². The molecule has 0 radical (unpaired) electrons. The van der Waals surface area contributed by atoms with E-state index in [9.17, 15) is 0 Å². The van der Waals surface area contributed by atoms with Crippen molar-refractivity contribution in [2.75, 3.05) is 13.2 Å². The van der Waals surface area contributed by atoms with E-state index in [1.54, 1.807) is 0 Å². The van der Waals surface area contributed by atoms with Gasteiger partial charge in [-0.2, -0.15) is 0 Å². The fraction of sp³-hybridized carbons (Fsp3) is 0.433. The maximum absolute atomic E-state index is 6.98. The van der Waals surface area contributed by atoms with Gasteiger partial charge in [0, 0.05) is 61.6 Å². The molecule has 0 unspecified atom stereocenters. The standard InChI is InChI=1S/C67H82N8O2Si3.Zn/c1-63(2,3)44-26-30-48-52(36-44)61-71-56(48)68-57-49-31-27-46(65(7,8)9)38-54(49)62(72-57)75-59-51-35-41(24-29-47(51)55(69-59)70-60-53-37-45(64(4,5)6)28-32-50(53)58(73-60)74-61)23-25-42(39-76-79(19,20)66(10,11)12)43(33-34-78(16,17)18)40-77-80(21,22)67(13,14)15;/h24,26-32,35-38H,39-40H2,1-22H3;/q-2;+2/b43-42+;. The van der Waals surface area contributed by atoms with Gasteiger partial charge in [0.1, 0.15) is 8.07 Å². The molecule has 2 aliphatic rings. The Balaban J connectivity index is 0.00000860. The van der Waals surface area contributed by atoms with Gasteiger partial charge in [-0.3, -0.25) is 0 Å². The van der Waals surface area contributed by atoms with Crippen LogP contribution in [0.3, 0.4) is 0 Å². The van der Waals surface area contributed by atoms with E-state index >= 15 is 0 Å². The summed E-state index contributed by atoms with van der Waals surface area (Å²) in [5, 5.41) is 3.49. The zero-order valence-electron chi connectivity index (χ0n) is 52.4. The van der Waals surface area contributed by atoms with Crippen LogP contribution >= 0.6 is 0 Å². The first-order valence-corrected chi connectivity index (χ1v) is 37.5. The zero-order valence-corrected chi connectivity index (χ0v) is 58.4. The minimum Gasteiger partial charge on any atom is -0.412 e. The van der Waals surface area contributed by atoms with Gasteiger partial charge in [-0.05, 0) is 121 Å². The molecule has 0 fully saturated rings. The Hall–Kier alpha value is -5.71. The van der Waals surface area contributed by atoms with Crippen molar-refractivity contribution in [3.05, 3.63) is 106 Å². The van der Waals surface area contributed by atoms with Crippen LogP contribution < -0.4 is 9.97 Å². The minimum absolute atomic E-state index is 0. The molecule has 8 bridgehead atoms. The summed E-state index contributed by atoms with van der Waals surface area (Å²) in [7, 11) is -6.19. The van der Waals surface area contributed by atoms with Gasteiger partial charge in [0.05, 0.1) is 36.5 Å². The molecule has 0 N–H and O–H groups in total. The van der Waals surface area contributed by atoms with Gasteiger partial charge in [-0.25, -0.2) is 9.97 Å². The second-order valence-electron chi connectivity index (χ2n) is 29.1. The molecule has 14 heteroatoms. The first-order valence-electron chi connectivity index (χ1n) is 28.2. The molecular weight excluding hydrogens is 1100 g/mol. The number of benzene rings is 4. The number of fused-ring (bicyclic) bond motifs is 20. The summed E-state index contributed by atoms with van der Waals surface area (Å²) in [6.07, 6.45) is 0. The summed E-state index contributed by atoms with van der Waals surface area (Å²) in [6, 6.07) is 25.6. The fourth-order valence-corrected chi connectivity index (χ4v) is 11.3. The van der Waals surface area contributed by atoms with Gasteiger partial charge in [0.25, 0.3) is 0 Å². The van der Waals surface area contributed by atoms with Crippen LogP contribution in [-0.2, 0) is 44.6 Å². The molecule has 416 valence electrons. The second-order valence-corrected chi connectivity index (χ2v) is 43.4. The third-order valence-electron chi connectivity index (χ3n) is 16.4. The van der Waals surface area contributed by atoms with Crippen molar-refractivity contribution in [3.8, 4) is 68.9 Å². The van der Waals surface area contributed by atoms with Gasteiger partial charge >= 0.3 is 19.5 Å². The van der Waals surface area contributed by atoms with E-state index in [4.69, 9.17) is 48.7 Å². The Bertz CT molecular complexity index is 3990. The predicted octanol–water partition coefficient (Wildman–Crippen LogP) is 16.6. The quantitative estimate of drug-likeness (QED) is 0.117. The van der Waals surface area contributed by atoms with E-state index in [1.807, 2.05) is 6.07 Å². The Morgan fingerprint density at radius 3 is 1.19 bits per heavy atom. The molecule has 9 rings (SSSR count). The van der Waals surface area contributed by atoms with E-state index in [-0.39, 0.29) is 45.8 Å². The smallest absolute Gasteiger partial charge is 0.412 e. The molecule has 0 saturated heterocycles. The van der Waals surface area contributed by atoms with Crippen molar-refractivity contribution >= 4 is 68.8 Å². The first kappa shape index (κ1) is 61.4. The van der Waals surface area contributed by atoms with Crippen LogP contribution in [0.2, 0.25) is 55.9 Å². The number of hydrogen-bond acceptors (Lipinski definition) is 8. The van der Waals surface area contributed by atoms with Gasteiger partial charge in [0.15, 0.2) is 16.6 Å². The SMILES string of the molecule is CC(C)(C)c1ccc2c(c1)-c1nc-2nc2[n-]c(nc3nc(nc4[n-]c(n1)c1ccc(C(C)(C)C)cc41)-c1ccc(C#C/C(CO[Si](C)(C)C(C)(C)C)=C(/C#C[Si](C)(C)C)CO[Si](C)(C)C(C)(C)C)cc1-3)c1cc(C(C)(C)C)ccc21.[Zn+2]. The minimum atomic E-state index is -2.21. The van der Waals surface area contributed by atoms with Crippen LogP contribution in [0.1, 0.15) is 126 Å². The van der Waals surface area contributed by atoms with Crippen molar-refractivity contribution < 1.29 is 28.3 Å². The Kier molecular flexibility index (Phi) is 16.3. The molecule has 0 amide bonds. The molecule has 0 aliphatic carbocycles. The topological polar surface area (TPSA) is 124 Å². The van der Waals surface area contributed by atoms with E-state index in [0.29, 0.717) is 59.1 Å². The van der Waals surface area contributed by atoms with Crippen molar-refractivity contribution in [2.45, 2.75) is 176 Å². The summed E-state index contributed by atoms with van der Waals surface area (Å²) in [5.74, 6) is 12.9. The second kappa shape index (κ2) is 21.5. The van der Waals surface area contributed by atoms with E-state index in [1.165, 1.54) is 5.56 Å². The van der Waals surface area contributed by atoms with E-state index in [0.717, 1.165) is 71.6 Å². The monoisotopic (exact) mass is 1180 g/mol. The third-order valence-corrected chi connectivity index (χ3v) is 26.2. The number of hydrogen-bond donors (Lipinski definition) is 0. The molecule has 0 saturated carbocycles. The zero-order chi connectivity index (χ0) is 58.5. The Morgan fingerprint density at radius 1 is 0.420 bits per heavy atom. The third kappa shape index (κ3) is 12.9. The first-order chi connectivity index (χ1) is 36.9. The van der Waals surface area contributed by atoms with E-state index in [2.05, 4.69) is 240 Å². The fourth-order valence-electron chi connectivity index (χ4n) is 8.89. The van der Waals surface area contributed by atoms with Gasteiger partial charge in [-0.15, -0.1) is 5.54 Å². The summed E-state index contributed by atoms with van der Waals surface area (Å²) >= 11 is 0. The van der Waals surface area contributed by atoms with Crippen LogP contribution in [0.5, 0.6) is 0 Å². The predicted molar refractivity (Wildman–Crippen MR) is 341 cm³/mol. The normalized spacial score (nSPS) is 13.7. The summed E-state index contributed by atoms with van der Waals surface area (Å²) in [5.41, 5.74) is 14.6. The van der Waals surface area contributed by atoms with Crippen molar-refractivity contribution in [3.63, 3.8) is 0 Å². The van der Waals surface area contributed by atoms with Crippen LogP contribution in [-0.4, -0.2) is 67.8 Å². The molecule has 0 atom stereocenters. The maximum Gasteiger partial charge on any atom is 2.00 e. The molecule has 3 aromatic heterocycles. The largest absolute Gasteiger partial charge is 2.00 e. The average molecular weight is 1180 g/mol. The van der Waals surface area contributed by atoms with Gasteiger partial charge < -0.3 is 38.8 Å². The van der Waals surface area contributed by atoms with E-state index < -0.39 is 24.7 Å². The van der Waals surface area contributed by atoms with Crippen LogP contribution in [0.4, 0.5) is 0 Å². The average Bonchev–Trinajstić information content (AvgIpc) is 4.07. The molecular formula is C67H82N8O2Si3Zn. The molecule has 2 aliphatic heterocycles. The summed E-state index contributed by atoms with van der Waals surface area (Å²) in [6.45, 7) is 50.2. The number of aromatic nitrogens is 8. The van der Waals surface area contributed by atoms with Gasteiger partial charge in [-0.1, -0.05) is 184 Å². The van der Waals surface area contributed by atoms with Crippen LogP contribution in [0.25, 0.3) is 89.7 Å². The van der Waals surface area contributed by atoms with Crippen LogP contribution in [0, 0.1) is 23.3 Å². The van der Waals surface area contributed by atoms with Crippen molar-refractivity contribution in [1.82, 2.24) is 39.9 Å². The summed E-state index contributed by atoms with van der Waals surface area (Å²) in [4.78, 5) is 42.4. The molecule has 10 nitrogen and oxygen atoms in total. The van der Waals surface area contributed by atoms with Crippen molar-refractivity contribution in [2.24, 2.45) is 0 Å². The maximum atomic E-state index is 6.98. The number of rotatable bonds is 6.